The number of nitrogens with one attached hydrogen (secondary N) is 3. The zero-order valence-electron chi connectivity index (χ0n) is 17.4. The summed E-state index contributed by atoms with van der Waals surface area (Å²) in [6.45, 7) is 0.114. The number of urea groups is 2. The van der Waals surface area contributed by atoms with Gasteiger partial charge in [-0.3, -0.25) is 14.9 Å². The van der Waals surface area contributed by atoms with Crippen molar-refractivity contribution in [2.24, 2.45) is 5.73 Å². The van der Waals surface area contributed by atoms with Gasteiger partial charge < -0.3 is 30.4 Å². The van der Waals surface area contributed by atoms with E-state index in [4.69, 9.17) is 14.9 Å². The van der Waals surface area contributed by atoms with E-state index < -0.39 is 23.5 Å². The van der Waals surface area contributed by atoms with E-state index in [2.05, 4.69) is 16.0 Å². The number of carbonyl (C=O) groups excluding carboxylic acids is 4. The number of benzene rings is 2. The number of hydrogen-bond donors (Lipinski definition) is 4. The molecular weight excluding hydrogens is 430 g/mol. The fraction of sp³-hybridized carbons (Fsp3) is 0.182. The Labute approximate surface area is 186 Å². The molecule has 3 aromatic rings. The number of rotatable bonds is 5. The van der Waals surface area contributed by atoms with Gasteiger partial charge in [-0.05, 0) is 42.0 Å². The van der Waals surface area contributed by atoms with Crippen molar-refractivity contribution in [1.82, 2.24) is 15.5 Å². The number of primary amides is 1. The highest BCUT2D eigenvalue weighted by atomic mass is 16.5. The lowest BCUT2D eigenvalue weighted by molar-refractivity contribution is -0.125. The fourth-order valence-electron chi connectivity index (χ4n) is 4.21. The second kappa shape index (κ2) is 7.26. The first-order valence-corrected chi connectivity index (χ1v) is 9.99. The standard InChI is InChI=1S/C22H19N5O6/c1-32-14-4-2-11-9-27(18(28)15(11)8-14)10-22(19(29)25-21(31)26-22)17-7-12-6-13(24-20(23)30)3-5-16(12)33-17/h2-8H,9-10H2,1H3,(H3,23,24,30)(H2,25,26,29,31)/t22-/m0/s1. The first-order valence-electron chi connectivity index (χ1n) is 9.99. The van der Waals surface area contributed by atoms with Crippen LogP contribution in [0.4, 0.5) is 15.3 Å². The Morgan fingerprint density at radius 3 is 2.73 bits per heavy atom. The average Bonchev–Trinajstić information content (AvgIpc) is 3.41. The monoisotopic (exact) mass is 449 g/mol. The highest BCUT2D eigenvalue weighted by Crippen LogP contribution is 2.35. The van der Waals surface area contributed by atoms with Gasteiger partial charge in [0.2, 0.25) is 0 Å². The molecule has 33 heavy (non-hydrogen) atoms. The number of amides is 6. The minimum atomic E-state index is -1.63. The first-order chi connectivity index (χ1) is 15.8. The van der Waals surface area contributed by atoms with Gasteiger partial charge in [-0.25, -0.2) is 9.59 Å². The van der Waals surface area contributed by atoms with Crippen molar-refractivity contribution < 1.29 is 28.3 Å². The topological polar surface area (TPSA) is 156 Å². The molecule has 2 aromatic carbocycles. The van der Waals surface area contributed by atoms with Gasteiger partial charge in [-0.1, -0.05) is 6.07 Å². The molecule has 168 valence electrons. The number of furan rings is 1. The van der Waals surface area contributed by atoms with Crippen LogP contribution in [-0.2, 0) is 16.9 Å². The van der Waals surface area contributed by atoms with E-state index in [1.54, 1.807) is 42.5 Å². The van der Waals surface area contributed by atoms with Crippen molar-refractivity contribution in [1.29, 1.82) is 0 Å². The summed E-state index contributed by atoms with van der Waals surface area (Å²) < 4.78 is 11.1. The summed E-state index contributed by atoms with van der Waals surface area (Å²) in [6, 6.07) is 10.2. The molecule has 1 fully saturated rings. The van der Waals surface area contributed by atoms with Crippen LogP contribution in [0.15, 0.2) is 46.9 Å². The minimum absolute atomic E-state index is 0.146. The number of carbonyl (C=O) groups is 4. The predicted molar refractivity (Wildman–Crippen MR) is 116 cm³/mol. The summed E-state index contributed by atoms with van der Waals surface area (Å²) in [5.41, 5.74) is 5.66. The number of nitrogens with zero attached hydrogens (tertiary/aromatic N) is 1. The quantitative estimate of drug-likeness (QED) is 0.434. The Bertz CT molecular complexity index is 1350. The average molecular weight is 449 g/mol. The SMILES string of the molecule is COc1ccc2c(c1)C(=O)N(C[C@@]1(c3cc4cc(NC(N)=O)ccc4o3)NC(=O)NC1=O)C2. The molecule has 6 amide bonds. The maximum atomic E-state index is 13.1. The van der Waals surface area contributed by atoms with Crippen LogP contribution in [-0.4, -0.2) is 42.4 Å². The molecule has 0 spiro atoms. The Hall–Kier alpha value is -4.54. The summed E-state index contributed by atoms with van der Waals surface area (Å²) in [4.78, 5) is 50.8. The van der Waals surface area contributed by atoms with Crippen molar-refractivity contribution in [3.05, 3.63) is 59.4 Å². The van der Waals surface area contributed by atoms with Gasteiger partial charge >= 0.3 is 12.1 Å². The van der Waals surface area contributed by atoms with Gasteiger partial charge in [0.1, 0.15) is 17.1 Å². The molecule has 2 aliphatic rings. The number of methoxy groups -OCH3 is 1. The van der Waals surface area contributed by atoms with Gasteiger partial charge in [0.25, 0.3) is 11.8 Å². The second-order valence-corrected chi connectivity index (χ2v) is 7.85. The predicted octanol–water partition coefficient (Wildman–Crippen LogP) is 1.62. The Morgan fingerprint density at radius 1 is 1.21 bits per heavy atom. The maximum absolute atomic E-state index is 13.1. The molecular formula is C22H19N5O6. The molecule has 1 aromatic heterocycles. The summed E-state index contributed by atoms with van der Waals surface area (Å²) in [5, 5.41) is 7.92. The minimum Gasteiger partial charge on any atom is -0.497 e. The summed E-state index contributed by atoms with van der Waals surface area (Å²) in [5.74, 6) is -0.230. The van der Waals surface area contributed by atoms with Crippen molar-refractivity contribution in [2.75, 3.05) is 19.0 Å². The van der Waals surface area contributed by atoms with E-state index in [-0.39, 0.29) is 24.8 Å². The fourth-order valence-corrected chi connectivity index (χ4v) is 4.21. The van der Waals surface area contributed by atoms with Crippen molar-refractivity contribution in [2.45, 2.75) is 12.1 Å². The van der Waals surface area contributed by atoms with Crippen molar-refractivity contribution in [3.8, 4) is 5.75 Å². The first kappa shape index (κ1) is 20.4. The molecule has 2 aliphatic heterocycles. The smallest absolute Gasteiger partial charge is 0.322 e. The molecule has 3 heterocycles. The molecule has 0 aliphatic carbocycles. The highest BCUT2D eigenvalue weighted by Gasteiger charge is 2.53. The van der Waals surface area contributed by atoms with Crippen LogP contribution in [0.5, 0.6) is 5.75 Å². The van der Waals surface area contributed by atoms with E-state index in [1.807, 2.05) is 0 Å². The number of anilines is 1. The Kier molecular flexibility index (Phi) is 4.48. The van der Waals surface area contributed by atoms with Crippen LogP contribution in [0, 0.1) is 0 Å². The van der Waals surface area contributed by atoms with Crippen LogP contribution < -0.4 is 26.4 Å². The summed E-state index contributed by atoms with van der Waals surface area (Å²) in [7, 11) is 1.51. The van der Waals surface area contributed by atoms with Crippen LogP contribution in [0.3, 0.4) is 0 Å². The Balaban J connectivity index is 1.52. The molecule has 11 nitrogen and oxygen atoms in total. The molecule has 5 N–H and O–H groups in total. The van der Waals surface area contributed by atoms with Crippen LogP contribution in [0.1, 0.15) is 21.7 Å². The van der Waals surface area contributed by atoms with Gasteiger partial charge in [0.15, 0.2) is 5.54 Å². The number of imide groups is 1. The normalized spacial score (nSPS) is 19.4. The lowest BCUT2D eigenvalue weighted by atomic mass is 9.95. The third-order valence-electron chi connectivity index (χ3n) is 5.77. The van der Waals surface area contributed by atoms with E-state index in [0.29, 0.717) is 28.0 Å². The van der Waals surface area contributed by atoms with E-state index in [0.717, 1.165) is 5.56 Å². The highest BCUT2D eigenvalue weighted by molar-refractivity contribution is 6.08. The van der Waals surface area contributed by atoms with Crippen molar-refractivity contribution in [3.63, 3.8) is 0 Å². The zero-order valence-corrected chi connectivity index (χ0v) is 17.4. The van der Waals surface area contributed by atoms with Crippen LogP contribution in [0.25, 0.3) is 11.0 Å². The number of fused-ring (bicyclic) bond motifs is 2. The molecule has 0 saturated carbocycles. The Morgan fingerprint density at radius 2 is 2.03 bits per heavy atom. The summed E-state index contributed by atoms with van der Waals surface area (Å²) in [6.07, 6.45) is 0. The molecule has 1 atom stereocenters. The molecule has 1 saturated heterocycles. The third-order valence-corrected chi connectivity index (χ3v) is 5.77. The zero-order chi connectivity index (χ0) is 23.3. The molecule has 0 bridgehead atoms. The number of nitrogens with two attached hydrogens (primary N) is 1. The maximum Gasteiger partial charge on any atom is 0.322 e. The van der Waals surface area contributed by atoms with Gasteiger partial charge in [0.05, 0.1) is 13.7 Å². The number of ether oxygens (including phenoxy) is 1. The van der Waals surface area contributed by atoms with E-state index in [9.17, 15) is 19.2 Å². The van der Waals surface area contributed by atoms with E-state index >= 15 is 0 Å². The molecule has 5 rings (SSSR count). The van der Waals surface area contributed by atoms with E-state index in [1.165, 1.54) is 12.0 Å². The lowest BCUT2D eigenvalue weighted by Crippen LogP contribution is -2.52. The van der Waals surface area contributed by atoms with Crippen LogP contribution >= 0.6 is 0 Å². The summed E-state index contributed by atoms with van der Waals surface area (Å²) >= 11 is 0. The second-order valence-electron chi connectivity index (χ2n) is 7.85. The molecule has 11 heteroatoms. The largest absolute Gasteiger partial charge is 0.497 e. The number of hydrogen-bond acceptors (Lipinski definition) is 6. The van der Waals surface area contributed by atoms with Gasteiger partial charge in [-0.2, -0.15) is 0 Å². The van der Waals surface area contributed by atoms with Gasteiger partial charge in [-0.15, -0.1) is 0 Å². The molecule has 0 radical (unpaired) electrons. The molecule has 0 unspecified atom stereocenters. The van der Waals surface area contributed by atoms with Crippen molar-refractivity contribution >= 4 is 40.5 Å². The third kappa shape index (κ3) is 3.30. The lowest BCUT2D eigenvalue weighted by Gasteiger charge is -2.29. The van der Waals surface area contributed by atoms with Crippen LogP contribution in [0.2, 0.25) is 0 Å². The van der Waals surface area contributed by atoms with Gasteiger partial charge in [0, 0.05) is 23.2 Å².